The number of amides is 1. The van der Waals surface area contributed by atoms with Gasteiger partial charge in [0.25, 0.3) is 0 Å². The van der Waals surface area contributed by atoms with E-state index in [0.29, 0.717) is 0 Å². The third-order valence-corrected chi connectivity index (χ3v) is 4.42. The molecule has 0 aromatic heterocycles. The lowest BCUT2D eigenvalue weighted by atomic mass is 9.95. The Balaban J connectivity index is 1.84. The predicted octanol–water partition coefficient (Wildman–Crippen LogP) is 0.926. The van der Waals surface area contributed by atoms with Gasteiger partial charge in [0.15, 0.2) is 0 Å². The molecule has 2 N–H and O–H groups in total. The van der Waals surface area contributed by atoms with Crippen molar-refractivity contribution in [2.75, 3.05) is 45.8 Å². The summed E-state index contributed by atoms with van der Waals surface area (Å²) in [5, 5.41) is 13.0. The molecular weight excluding hydrogens is 316 g/mol. The van der Waals surface area contributed by atoms with Crippen LogP contribution in [0.15, 0.2) is 18.2 Å². The van der Waals surface area contributed by atoms with Crippen molar-refractivity contribution in [1.82, 2.24) is 15.1 Å². The van der Waals surface area contributed by atoms with E-state index in [1.54, 1.807) is 0 Å². The highest BCUT2D eigenvalue weighted by Gasteiger charge is 2.28. The second kappa shape index (κ2) is 8.00. The van der Waals surface area contributed by atoms with Crippen molar-refractivity contribution in [3.8, 4) is 0 Å². The number of piperazine rings is 1. The first-order valence-corrected chi connectivity index (χ1v) is 8.21. The van der Waals surface area contributed by atoms with Crippen molar-refractivity contribution in [1.29, 1.82) is 0 Å². The molecule has 1 aromatic rings. The summed E-state index contributed by atoms with van der Waals surface area (Å²) in [6.45, 7) is 8.14. The lowest BCUT2D eigenvalue weighted by molar-refractivity contribution is -0.123. The average Bonchev–Trinajstić information content (AvgIpc) is 2.53. The van der Waals surface area contributed by atoms with Crippen LogP contribution >= 0.6 is 0 Å². The molecule has 5 nitrogen and oxygen atoms in total. The standard InChI is InChI=1S/C17H25F2N3O2/c1-3-21-6-8-22(9-7-21)11-16(23)20-12-17(2,24)14-5-4-13(18)10-15(14)19/h4-5,10,24H,3,6-9,11-12H2,1-2H3,(H,20,23). The Bertz CT molecular complexity index is 573. The van der Waals surface area contributed by atoms with Crippen molar-refractivity contribution in [2.45, 2.75) is 19.4 Å². The molecule has 1 aromatic carbocycles. The minimum Gasteiger partial charge on any atom is -0.383 e. The second-order valence-electron chi connectivity index (χ2n) is 6.39. The summed E-state index contributed by atoms with van der Waals surface area (Å²) in [6.07, 6.45) is 0. The summed E-state index contributed by atoms with van der Waals surface area (Å²) in [7, 11) is 0. The van der Waals surface area contributed by atoms with Crippen molar-refractivity contribution in [3.63, 3.8) is 0 Å². The Labute approximate surface area is 141 Å². The lowest BCUT2D eigenvalue weighted by Gasteiger charge is -2.33. The molecule has 2 rings (SSSR count). The van der Waals surface area contributed by atoms with E-state index in [4.69, 9.17) is 0 Å². The van der Waals surface area contributed by atoms with E-state index in [0.717, 1.165) is 44.9 Å². The van der Waals surface area contributed by atoms with Crippen molar-refractivity contribution in [2.24, 2.45) is 0 Å². The van der Waals surface area contributed by atoms with Crippen LogP contribution in [0.3, 0.4) is 0 Å². The van der Waals surface area contributed by atoms with E-state index in [-0.39, 0.29) is 24.6 Å². The Morgan fingerprint density at radius 1 is 1.25 bits per heavy atom. The van der Waals surface area contributed by atoms with Crippen LogP contribution in [0.1, 0.15) is 19.4 Å². The summed E-state index contributed by atoms with van der Waals surface area (Å²) < 4.78 is 26.8. The van der Waals surface area contributed by atoms with Crippen LogP contribution < -0.4 is 5.32 Å². The molecule has 134 valence electrons. The Morgan fingerprint density at radius 2 is 1.88 bits per heavy atom. The molecule has 1 heterocycles. The largest absolute Gasteiger partial charge is 0.383 e. The number of carbonyl (C=O) groups excluding carboxylic acids is 1. The normalized spacial score (nSPS) is 19.0. The van der Waals surface area contributed by atoms with Gasteiger partial charge in [-0.25, -0.2) is 8.78 Å². The quantitative estimate of drug-likeness (QED) is 0.808. The summed E-state index contributed by atoms with van der Waals surface area (Å²) >= 11 is 0. The van der Waals surface area contributed by atoms with E-state index >= 15 is 0 Å². The van der Waals surface area contributed by atoms with Gasteiger partial charge in [0, 0.05) is 37.8 Å². The van der Waals surface area contributed by atoms with Gasteiger partial charge in [-0.1, -0.05) is 13.0 Å². The molecule has 0 bridgehead atoms. The highest BCUT2D eigenvalue weighted by Crippen LogP contribution is 2.23. The number of nitrogens with zero attached hydrogens (tertiary/aromatic N) is 2. The van der Waals surface area contributed by atoms with Gasteiger partial charge in [0.2, 0.25) is 5.91 Å². The Kier molecular flexibility index (Phi) is 6.26. The number of hydrogen-bond donors (Lipinski definition) is 2. The number of aliphatic hydroxyl groups is 1. The van der Waals surface area contributed by atoms with E-state index in [2.05, 4.69) is 22.0 Å². The van der Waals surface area contributed by atoms with Gasteiger partial charge in [-0.3, -0.25) is 9.69 Å². The first kappa shape index (κ1) is 18.8. The average molecular weight is 341 g/mol. The fourth-order valence-electron chi connectivity index (χ4n) is 2.81. The van der Waals surface area contributed by atoms with Crippen LogP contribution in [-0.4, -0.2) is 66.6 Å². The van der Waals surface area contributed by atoms with Crippen molar-refractivity contribution in [3.05, 3.63) is 35.4 Å². The number of likely N-dealkylation sites (N-methyl/N-ethyl adjacent to an activating group) is 1. The van der Waals surface area contributed by atoms with Crippen molar-refractivity contribution >= 4 is 5.91 Å². The van der Waals surface area contributed by atoms with Crippen LogP contribution in [0.2, 0.25) is 0 Å². The molecule has 0 spiro atoms. The first-order valence-electron chi connectivity index (χ1n) is 8.21. The van der Waals surface area contributed by atoms with Gasteiger partial charge < -0.3 is 15.3 Å². The zero-order valence-corrected chi connectivity index (χ0v) is 14.2. The minimum atomic E-state index is -1.60. The topological polar surface area (TPSA) is 55.8 Å². The summed E-state index contributed by atoms with van der Waals surface area (Å²) in [4.78, 5) is 16.4. The molecule has 1 aliphatic heterocycles. The van der Waals surface area contributed by atoms with Crippen LogP contribution in [0.25, 0.3) is 0 Å². The number of halogens is 2. The molecule has 1 aliphatic rings. The van der Waals surface area contributed by atoms with E-state index < -0.39 is 17.2 Å². The molecule has 0 saturated carbocycles. The number of nitrogens with one attached hydrogen (secondary N) is 1. The molecule has 1 amide bonds. The fraction of sp³-hybridized carbons (Fsp3) is 0.588. The van der Waals surface area contributed by atoms with Gasteiger partial charge in [-0.15, -0.1) is 0 Å². The fourth-order valence-corrected chi connectivity index (χ4v) is 2.81. The van der Waals surface area contributed by atoms with Gasteiger partial charge in [0.1, 0.15) is 17.2 Å². The zero-order chi connectivity index (χ0) is 17.7. The SMILES string of the molecule is CCN1CCN(CC(=O)NCC(C)(O)c2ccc(F)cc2F)CC1. The van der Waals surface area contributed by atoms with Crippen LogP contribution in [-0.2, 0) is 10.4 Å². The van der Waals surface area contributed by atoms with Gasteiger partial charge >= 0.3 is 0 Å². The smallest absolute Gasteiger partial charge is 0.234 e. The monoisotopic (exact) mass is 341 g/mol. The zero-order valence-electron chi connectivity index (χ0n) is 14.2. The first-order chi connectivity index (χ1) is 11.3. The molecule has 0 radical (unpaired) electrons. The number of rotatable bonds is 6. The molecule has 1 atom stereocenters. The van der Waals surface area contributed by atoms with Crippen molar-refractivity contribution < 1.29 is 18.7 Å². The van der Waals surface area contributed by atoms with Gasteiger partial charge in [0.05, 0.1) is 13.1 Å². The van der Waals surface area contributed by atoms with Crippen LogP contribution in [0.5, 0.6) is 0 Å². The highest BCUT2D eigenvalue weighted by molar-refractivity contribution is 5.78. The van der Waals surface area contributed by atoms with Crippen LogP contribution in [0.4, 0.5) is 8.78 Å². The third kappa shape index (κ3) is 4.96. The molecule has 1 unspecified atom stereocenters. The maximum Gasteiger partial charge on any atom is 0.234 e. The maximum absolute atomic E-state index is 13.8. The van der Waals surface area contributed by atoms with E-state index in [1.165, 1.54) is 13.0 Å². The van der Waals surface area contributed by atoms with E-state index in [9.17, 15) is 18.7 Å². The van der Waals surface area contributed by atoms with Gasteiger partial charge in [-0.05, 0) is 19.5 Å². The molecule has 0 aliphatic carbocycles. The second-order valence-corrected chi connectivity index (χ2v) is 6.39. The summed E-state index contributed by atoms with van der Waals surface area (Å²) in [5.74, 6) is -1.75. The lowest BCUT2D eigenvalue weighted by Crippen LogP contribution is -2.50. The molecule has 1 saturated heterocycles. The van der Waals surface area contributed by atoms with E-state index in [1.807, 2.05) is 0 Å². The van der Waals surface area contributed by atoms with Crippen LogP contribution in [0, 0.1) is 11.6 Å². The Hall–Kier alpha value is -1.57. The predicted molar refractivity (Wildman–Crippen MR) is 87.5 cm³/mol. The Morgan fingerprint density at radius 3 is 2.46 bits per heavy atom. The maximum atomic E-state index is 13.8. The molecule has 7 heteroatoms. The molecule has 24 heavy (non-hydrogen) atoms. The number of benzene rings is 1. The summed E-state index contributed by atoms with van der Waals surface area (Å²) in [5.41, 5.74) is -1.64. The minimum absolute atomic E-state index is 0.0410. The molecular formula is C17H25F2N3O2. The van der Waals surface area contributed by atoms with Gasteiger partial charge in [-0.2, -0.15) is 0 Å². The molecule has 1 fully saturated rings. The summed E-state index contributed by atoms with van der Waals surface area (Å²) in [6, 6.07) is 3.00. The third-order valence-electron chi connectivity index (χ3n) is 4.42. The number of hydrogen-bond acceptors (Lipinski definition) is 4. The highest BCUT2D eigenvalue weighted by atomic mass is 19.1. The number of carbonyl (C=O) groups is 1.